The molecule has 1 rings (SSSR count). The summed E-state index contributed by atoms with van der Waals surface area (Å²) in [5.41, 5.74) is 0. The lowest BCUT2D eigenvalue weighted by molar-refractivity contribution is 0.434. The largest absolute Gasteiger partial charge is 0.271 e. The van der Waals surface area contributed by atoms with Crippen LogP contribution in [-0.2, 0) is 16.6 Å². The fraction of sp³-hybridized carbons (Fsp3) is 0.625. The van der Waals surface area contributed by atoms with Gasteiger partial charge in [0.15, 0.2) is 0 Å². The van der Waals surface area contributed by atoms with Crippen molar-refractivity contribution < 1.29 is 12.8 Å². The average Bonchev–Trinajstić information content (AvgIpc) is 2.63. The molecule has 0 bridgehead atoms. The third kappa shape index (κ3) is 2.75. The van der Waals surface area contributed by atoms with Gasteiger partial charge < -0.3 is 0 Å². The van der Waals surface area contributed by atoms with Gasteiger partial charge >= 0.3 is 0 Å². The molecular formula is C8H14FN3O2S. The summed E-state index contributed by atoms with van der Waals surface area (Å²) in [7, 11) is -0.520. The third-order valence-electron chi connectivity index (χ3n) is 1.91. The first-order valence-corrected chi connectivity index (χ1v) is 5.93. The molecule has 0 aliphatic heterocycles. The van der Waals surface area contributed by atoms with Crippen molar-refractivity contribution >= 4 is 10.0 Å². The molecule has 0 aliphatic rings. The van der Waals surface area contributed by atoms with Crippen LogP contribution in [0.5, 0.6) is 0 Å². The van der Waals surface area contributed by atoms with Crippen molar-refractivity contribution in [3.05, 3.63) is 12.4 Å². The van der Waals surface area contributed by atoms with Crippen molar-refractivity contribution in [1.82, 2.24) is 14.1 Å². The molecule has 7 heteroatoms. The van der Waals surface area contributed by atoms with E-state index in [4.69, 9.17) is 0 Å². The Kier molecular flexibility index (Phi) is 3.81. The van der Waals surface area contributed by atoms with E-state index in [9.17, 15) is 12.8 Å². The third-order valence-corrected chi connectivity index (χ3v) is 3.68. The smallest absolute Gasteiger partial charge is 0.245 e. The highest BCUT2D eigenvalue weighted by molar-refractivity contribution is 7.89. The minimum Gasteiger partial charge on any atom is -0.271 e. The summed E-state index contributed by atoms with van der Waals surface area (Å²) < 4.78 is 37.7. The van der Waals surface area contributed by atoms with Crippen molar-refractivity contribution in [3.8, 4) is 0 Å². The average molecular weight is 235 g/mol. The Morgan fingerprint density at radius 2 is 2.20 bits per heavy atom. The Morgan fingerprint density at radius 1 is 1.53 bits per heavy atom. The number of aromatic nitrogens is 2. The summed E-state index contributed by atoms with van der Waals surface area (Å²) in [4.78, 5) is 0.131. The topological polar surface area (TPSA) is 55.2 Å². The minimum absolute atomic E-state index is 0.131. The van der Waals surface area contributed by atoms with Crippen molar-refractivity contribution in [2.24, 2.45) is 0 Å². The summed E-state index contributed by atoms with van der Waals surface area (Å²) in [5.74, 6) is 0. The van der Waals surface area contributed by atoms with Crippen LogP contribution in [0.2, 0.25) is 0 Å². The van der Waals surface area contributed by atoms with Crippen molar-refractivity contribution in [2.75, 3.05) is 20.8 Å². The lowest BCUT2D eigenvalue weighted by Gasteiger charge is -2.08. The van der Waals surface area contributed by atoms with Gasteiger partial charge in [-0.25, -0.2) is 12.7 Å². The number of rotatable bonds is 5. The molecule has 0 radical (unpaired) electrons. The van der Waals surface area contributed by atoms with Gasteiger partial charge in [-0.15, -0.1) is 0 Å². The summed E-state index contributed by atoms with van der Waals surface area (Å²) in [6.45, 7) is -0.0466. The van der Waals surface area contributed by atoms with Gasteiger partial charge in [0.2, 0.25) is 10.0 Å². The SMILES string of the molecule is CN(C)S(=O)(=O)c1cnn(CCCF)c1. The van der Waals surface area contributed by atoms with Crippen LogP contribution in [0.15, 0.2) is 17.3 Å². The van der Waals surface area contributed by atoms with E-state index in [0.29, 0.717) is 13.0 Å². The highest BCUT2D eigenvalue weighted by atomic mass is 32.2. The van der Waals surface area contributed by atoms with Gasteiger partial charge in [0.05, 0.1) is 12.9 Å². The number of aryl methyl sites for hydroxylation is 1. The quantitative estimate of drug-likeness (QED) is 0.746. The lowest BCUT2D eigenvalue weighted by Crippen LogP contribution is -2.21. The minimum atomic E-state index is -3.42. The monoisotopic (exact) mass is 235 g/mol. The van der Waals surface area contributed by atoms with E-state index < -0.39 is 16.7 Å². The first-order valence-electron chi connectivity index (χ1n) is 4.49. The molecule has 0 saturated carbocycles. The van der Waals surface area contributed by atoms with E-state index in [1.54, 1.807) is 0 Å². The molecule has 0 spiro atoms. The Labute approximate surface area is 88.5 Å². The summed E-state index contributed by atoms with van der Waals surface area (Å²) in [6.07, 6.45) is 3.02. The Bertz CT molecular complexity index is 413. The predicted molar refractivity (Wildman–Crippen MR) is 53.7 cm³/mol. The first-order chi connectivity index (χ1) is 6.98. The lowest BCUT2D eigenvalue weighted by atomic mass is 10.5. The molecule has 0 amide bonds. The van der Waals surface area contributed by atoms with E-state index in [1.165, 1.54) is 31.2 Å². The molecule has 0 N–H and O–H groups in total. The summed E-state index contributed by atoms with van der Waals surface area (Å²) in [5, 5.41) is 3.85. The van der Waals surface area contributed by atoms with Gasteiger partial charge in [0.25, 0.3) is 0 Å². The number of nitrogens with zero attached hydrogens (tertiary/aromatic N) is 3. The van der Waals surface area contributed by atoms with Gasteiger partial charge in [0.1, 0.15) is 4.90 Å². The first kappa shape index (κ1) is 12.1. The fourth-order valence-electron chi connectivity index (χ4n) is 1.03. The summed E-state index contributed by atoms with van der Waals surface area (Å²) in [6, 6.07) is 0. The predicted octanol–water partition coefficient (Wildman–Crippen LogP) is 0.493. The number of alkyl halides is 1. The van der Waals surface area contributed by atoms with E-state index in [0.717, 1.165) is 4.31 Å². The van der Waals surface area contributed by atoms with E-state index in [-0.39, 0.29) is 4.90 Å². The van der Waals surface area contributed by atoms with Crippen molar-refractivity contribution in [2.45, 2.75) is 17.9 Å². The molecule has 15 heavy (non-hydrogen) atoms. The van der Waals surface area contributed by atoms with Crippen LogP contribution in [0.1, 0.15) is 6.42 Å². The van der Waals surface area contributed by atoms with Crippen LogP contribution in [0.25, 0.3) is 0 Å². The fourth-order valence-corrected chi connectivity index (χ4v) is 1.89. The zero-order chi connectivity index (χ0) is 11.5. The number of halogens is 1. The maximum Gasteiger partial charge on any atom is 0.245 e. The normalized spacial score (nSPS) is 12.3. The van der Waals surface area contributed by atoms with Crippen LogP contribution >= 0.6 is 0 Å². The van der Waals surface area contributed by atoms with Crippen LogP contribution in [-0.4, -0.2) is 43.3 Å². The summed E-state index contributed by atoms with van der Waals surface area (Å²) >= 11 is 0. The maximum absolute atomic E-state index is 11.9. The van der Waals surface area contributed by atoms with Gasteiger partial charge in [-0.05, 0) is 6.42 Å². The molecule has 0 saturated heterocycles. The standard InChI is InChI=1S/C8H14FN3O2S/c1-11(2)15(13,14)8-6-10-12(7-8)5-3-4-9/h6-7H,3-5H2,1-2H3. The maximum atomic E-state index is 11.9. The Hall–Kier alpha value is -0.950. The molecule has 0 aliphatic carbocycles. The second-order valence-electron chi connectivity index (χ2n) is 3.27. The highest BCUT2D eigenvalue weighted by Gasteiger charge is 2.18. The second kappa shape index (κ2) is 4.71. The van der Waals surface area contributed by atoms with Crippen LogP contribution in [0.3, 0.4) is 0 Å². The zero-order valence-corrected chi connectivity index (χ0v) is 9.54. The second-order valence-corrected chi connectivity index (χ2v) is 5.42. The molecule has 0 atom stereocenters. The number of sulfonamides is 1. The molecule has 0 fully saturated rings. The zero-order valence-electron chi connectivity index (χ0n) is 8.72. The molecular weight excluding hydrogens is 221 g/mol. The van der Waals surface area contributed by atoms with Gasteiger partial charge in [-0.2, -0.15) is 5.10 Å². The molecule has 1 heterocycles. The molecule has 1 aromatic heterocycles. The Balaban J connectivity index is 2.85. The number of hydrogen-bond acceptors (Lipinski definition) is 3. The molecule has 0 aromatic carbocycles. The van der Waals surface area contributed by atoms with Crippen molar-refractivity contribution in [1.29, 1.82) is 0 Å². The van der Waals surface area contributed by atoms with Gasteiger partial charge in [0, 0.05) is 26.8 Å². The highest BCUT2D eigenvalue weighted by Crippen LogP contribution is 2.11. The van der Waals surface area contributed by atoms with Crippen molar-refractivity contribution in [3.63, 3.8) is 0 Å². The van der Waals surface area contributed by atoms with E-state index >= 15 is 0 Å². The molecule has 0 unspecified atom stereocenters. The molecule has 86 valence electrons. The van der Waals surface area contributed by atoms with Gasteiger partial charge in [-0.1, -0.05) is 0 Å². The van der Waals surface area contributed by atoms with E-state index in [2.05, 4.69) is 5.10 Å². The van der Waals surface area contributed by atoms with Gasteiger partial charge in [-0.3, -0.25) is 9.07 Å². The Morgan fingerprint density at radius 3 is 2.73 bits per heavy atom. The van der Waals surface area contributed by atoms with Crippen LogP contribution in [0, 0.1) is 0 Å². The molecule has 5 nitrogen and oxygen atoms in total. The van der Waals surface area contributed by atoms with Crippen LogP contribution in [0.4, 0.5) is 4.39 Å². The molecule has 1 aromatic rings. The van der Waals surface area contributed by atoms with E-state index in [1.807, 2.05) is 0 Å². The number of hydrogen-bond donors (Lipinski definition) is 0. The van der Waals surface area contributed by atoms with Crippen LogP contribution < -0.4 is 0 Å².